The van der Waals surface area contributed by atoms with Gasteiger partial charge in [-0.1, -0.05) is 18.2 Å². The SMILES string of the molecule is Cc1ccc(C[C@H](NC(=O)c2ccncc2)C(N)=O)cc1C. The molecule has 0 aliphatic heterocycles. The van der Waals surface area contributed by atoms with E-state index in [0.29, 0.717) is 12.0 Å². The molecule has 0 radical (unpaired) electrons. The van der Waals surface area contributed by atoms with Gasteiger partial charge in [-0.2, -0.15) is 0 Å². The highest BCUT2D eigenvalue weighted by molar-refractivity contribution is 5.97. The molecule has 0 aliphatic rings. The molecule has 2 amide bonds. The number of carbonyl (C=O) groups is 2. The third kappa shape index (κ3) is 3.91. The number of nitrogens with zero attached hydrogens (tertiary/aromatic N) is 1. The quantitative estimate of drug-likeness (QED) is 0.877. The Bertz CT molecular complexity index is 684. The third-order valence-corrected chi connectivity index (χ3v) is 3.60. The monoisotopic (exact) mass is 297 g/mol. The summed E-state index contributed by atoms with van der Waals surface area (Å²) in [5, 5.41) is 2.67. The van der Waals surface area contributed by atoms with Crippen molar-refractivity contribution in [3.8, 4) is 0 Å². The van der Waals surface area contributed by atoms with E-state index in [2.05, 4.69) is 10.3 Å². The fourth-order valence-electron chi connectivity index (χ4n) is 2.13. The molecule has 5 heteroatoms. The topological polar surface area (TPSA) is 85.1 Å². The number of amides is 2. The van der Waals surface area contributed by atoms with Crippen LogP contribution < -0.4 is 11.1 Å². The van der Waals surface area contributed by atoms with Gasteiger partial charge in [-0.15, -0.1) is 0 Å². The summed E-state index contributed by atoms with van der Waals surface area (Å²) in [6.07, 6.45) is 3.42. The highest BCUT2D eigenvalue weighted by Gasteiger charge is 2.19. The van der Waals surface area contributed by atoms with Crippen LogP contribution in [-0.2, 0) is 11.2 Å². The van der Waals surface area contributed by atoms with Crippen LogP contribution in [0.3, 0.4) is 0 Å². The molecule has 22 heavy (non-hydrogen) atoms. The lowest BCUT2D eigenvalue weighted by molar-refractivity contribution is -0.119. The Balaban J connectivity index is 2.12. The molecule has 5 nitrogen and oxygen atoms in total. The zero-order valence-corrected chi connectivity index (χ0v) is 12.7. The number of nitrogens with two attached hydrogens (primary N) is 1. The Hall–Kier alpha value is -2.69. The molecule has 1 aromatic carbocycles. The molecule has 1 aromatic heterocycles. The van der Waals surface area contributed by atoms with Gasteiger partial charge in [0, 0.05) is 24.4 Å². The summed E-state index contributed by atoms with van der Waals surface area (Å²) in [4.78, 5) is 27.6. The highest BCUT2D eigenvalue weighted by Crippen LogP contribution is 2.12. The van der Waals surface area contributed by atoms with Gasteiger partial charge in [0.15, 0.2) is 0 Å². The van der Waals surface area contributed by atoms with Crippen molar-refractivity contribution in [2.24, 2.45) is 5.73 Å². The van der Waals surface area contributed by atoms with Crippen LogP contribution in [0, 0.1) is 13.8 Å². The molecule has 0 aliphatic carbocycles. The largest absolute Gasteiger partial charge is 0.368 e. The molecule has 0 spiro atoms. The van der Waals surface area contributed by atoms with Gasteiger partial charge in [-0.25, -0.2) is 0 Å². The van der Waals surface area contributed by atoms with Crippen molar-refractivity contribution >= 4 is 11.8 Å². The molecule has 0 unspecified atom stereocenters. The number of rotatable bonds is 5. The normalized spacial score (nSPS) is 11.7. The lowest BCUT2D eigenvalue weighted by atomic mass is 10.0. The van der Waals surface area contributed by atoms with Gasteiger partial charge in [-0.3, -0.25) is 14.6 Å². The molecule has 114 valence electrons. The van der Waals surface area contributed by atoms with E-state index >= 15 is 0 Å². The molecule has 1 heterocycles. The lowest BCUT2D eigenvalue weighted by Crippen LogP contribution is -2.45. The van der Waals surface area contributed by atoms with E-state index in [9.17, 15) is 9.59 Å². The Morgan fingerprint density at radius 3 is 2.41 bits per heavy atom. The molecular weight excluding hydrogens is 278 g/mol. The number of nitrogens with one attached hydrogen (secondary N) is 1. The first-order valence-corrected chi connectivity index (χ1v) is 7.03. The summed E-state index contributed by atoms with van der Waals surface area (Å²) in [5.74, 6) is -0.893. The summed E-state index contributed by atoms with van der Waals surface area (Å²) in [7, 11) is 0. The van der Waals surface area contributed by atoms with Crippen LogP contribution in [0.15, 0.2) is 42.7 Å². The summed E-state index contributed by atoms with van der Waals surface area (Å²) >= 11 is 0. The van der Waals surface area contributed by atoms with Crippen LogP contribution in [0.5, 0.6) is 0 Å². The van der Waals surface area contributed by atoms with Crippen molar-refractivity contribution in [1.29, 1.82) is 0 Å². The standard InChI is InChI=1S/C17H19N3O2/c1-11-3-4-13(9-12(11)2)10-15(16(18)21)20-17(22)14-5-7-19-8-6-14/h3-9,15H,10H2,1-2H3,(H2,18,21)(H,20,22)/t15-/m0/s1. The van der Waals surface area contributed by atoms with Gasteiger partial charge in [0.1, 0.15) is 6.04 Å². The molecule has 0 bridgehead atoms. The molecule has 0 saturated heterocycles. The van der Waals surface area contributed by atoms with E-state index in [1.165, 1.54) is 18.0 Å². The molecular formula is C17H19N3O2. The van der Waals surface area contributed by atoms with E-state index in [0.717, 1.165) is 11.1 Å². The second kappa shape index (κ2) is 6.85. The molecule has 1 atom stereocenters. The molecule has 0 fully saturated rings. The van der Waals surface area contributed by atoms with Crippen LogP contribution in [0.2, 0.25) is 0 Å². The first-order chi connectivity index (χ1) is 10.5. The maximum Gasteiger partial charge on any atom is 0.252 e. The average Bonchev–Trinajstić information content (AvgIpc) is 2.51. The van der Waals surface area contributed by atoms with Crippen LogP contribution in [0.25, 0.3) is 0 Å². The maximum atomic E-state index is 12.1. The number of carbonyl (C=O) groups excluding carboxylic acids is 2. The summed E-state index contributed by atoms with van der Waals surface area (Å²) in [5.41, 5.74) is 9.14. The number of benzene rings is 1. The Morgan fingerprint density at radius 1 is 1.14 bits per heavy atom. The molecule has 2 aromatic rings. The van der Waals surface area contributed by atoms with Crippen molar-refractivity contribution in [2.45, 2.75) is 26.3 Å². The van der Waals surface area contributed by atoms with Crippen molar-refractivity contribution in [3.05, 3.63) is 65.0 Å². The summed E-state index contributed by atoms with van der Waals surface area (Å²) in [6, 6.07) is 8.36. The molecule has 3 N–H and O–H groups in total. The van der Waals surface area contributed by atoms with E-state index in [-0.39, 0.29) is 5.91 Å². The number of aryl methyl sites for hydroxylation is 2. The Morgan fingerprint density at radius 2 is 1.82 bits per heavy atom. The molecule has 2 rings (SSSR count). The minimum absolute atomic E-state index is 0.338. The Labute approximate surface area is 129 Å². The van der Waals surface area contributed by atoms with Gasteiger partial charge in [0.05, 0.1) is 0 Å². The van der Waals surface area contributed by atoms with E-state index < -0.39 is 11.9 Å². The van der Waals surface area contributed by atoms with Crippen molar-refractivity contribution in [3.63, 3.8) is 0 Å². The first kappa shape index (κ1) is 15.7. The van der Waals surface area contributed by atoms with Crippen molar-refractivity contribution < 1.29 is 9.59 Å². The van der Waals surface area contributed by atoms with Gasteiger partial charge in [0.2, 0.25) is 5.91 Å². The fraction of sp³-hybridized carbons (Fsp3) is 0.235. The average molecular weight is 297 g/mol. The van der Waals surface area contributed by atoms with E-state index in [4.69, 9.17) is 5.73 Å². The Kier molecular flexibility index (Phi) is 4.88. The minimum atomic E-state index is -0.747. The van der Waals surface area contributed by atoms with Gasteiger partial charge in [0.25, 0.3) is 5.91 Å². The van der Waals surface area contributed by atoms with Gasteiger partial charge >= 0.3 is 0 Å². The fourth-order valence-corrected chi connectivity index (χ4v) is 2.13. The summed E-state index contributed by atoms with van der Waals surface area (Å²) < 4.78 is 0. The predicted octanol–water partition coefficient (Wildman–Crippen LogP) is 1.52. The second-order valence-electron chi connectivity index (χ2n) is 5.29. The van der Waals surface area contributed by atoms with Crippen molar-refractivity contribution in [2.75, 3.05) is 0 Å². The van der Waals surface area contributed by atoms with Crippen LogP contribution in [-0.4, -0.2) is 22.8 Å². The minimum Gasteiger partial charge on any atom is -0.368 e. The predicted molar refractivity (Wildman–Crippen MR) is 84.3 cm³/mol. The van der Waals surface area contributed by atoms with Crippen LogP contribution in [0.4, 0.5) is 0 Å². The van der Waals surface area contributed by atoms with Crippen LogP contribution in [0.1, 0.15) is 27.0 Å². The van der Waals surface area contributed by atoms with Crippen LogP contribution >= 0.6 is 0 Å². The van der Waals surface area contributed by atoms with Gasteiger partial charge in [-0.05, 0) is 42.7 Å². The number of pyridine rings is 1. The smallest absolute Gasteiger partial charge is 0.252 e. The van der Waals surface area contributed by atoms with E-state index in [1.54, 1.807) is 12.1 Å². The summed E-state index contributed by atoms with van der Waals surface area (Å²) in [6.45, 7) is 4.03. The van der Waals surface area contributed by atoms with Gasteiger partial charge < -0.3 is 11.1 Å². The first-order valence-electron chi connectivity index (χ1n) is 7.03. The number of aromatic nitrogens is 1. The lowest BCUT2D eigenvalue weighted by Gasteiger charge is -2.16. The second-order valence-corrected chi connectivity index (χ2v) is 5.29. The maximum absolute atomic E-state index is 12.1. The highest BCUT2D eigenvalue weighted by atomic mass is 16.2. The van der Waals surface area contributed by atoms with E-state index in [1.807, 2.05) is 32.0 Å². The third-order valence-electron chi connectivity index (χ3n) is 3.60. The number of hydrogen-bond donors (Lipinski definition) is 2. The number of primary amides is 1. The van der Waals surface area contributed by atoms with Crippen molar-refractivity contribution in [1.82, 2.24) is 10.3 Å². The molecule has 0 saturated carbocycles. The zero-order valence-electron chi connectivity index (χ0n) is 12.7. The number of hydrogen-bond acceptors (Lipinski definition) is 3. The zero-order chi connectivity index (χ0) is 16.1.